The van der Waals surface area contributed by atoms with E-state index in [-0.39, 0.29) is 59.6 Å². The topological polar surface area (TPSA) is 457 Å². The number of carboxylic acids is 2. The second-order valence-corrected chi connectivity index (χ2v) is 27.0. The lowest BCUT2D eigenvalue weighted by atomic mass is 10.2. The first-order valence-electron chi connectivity index (χ1n) is 27.2. The molecule has 0 saturated carbocycles. The molecule has 0 saturated heterocycles. The normalized spacial score (nSPS) is 12.1. The molecule has 4 aromatic carbocycles. The van der Waals surface area contributed by atoms with E-state index in [1.807, 2.05) is 36.4 Å². The summed E-state index contributed by atoms with van der Waals surface area (Å²) in [7, 11) is -7.83. The number of sulfonamides is 2. The number of benzene rings is 4. The standard InChI is InChI=1S/C29H32FN9O7S3.C24H25N9O7S3/c30-8-2-4-20-13-38(36-34-20)9-10-45-22-5-1-3-19(11-22)17-47-18-25(28(41)42)32-27(40)15-39-14-21(35-37-39)16-46-23-6-7-24-26(12-23)48-29(33-24)49(31,43)44;25-31-27-6-7-39-17-3-1-2-15(8-17)13-41-14-20(23(35)36)28-22(34)11-33-10-16(30-32-33)12-40-18-4-5-19-21(9-18)42-24(29-19)43(26,37)38/h1,3,5-7,11-14,25H,2,4,8-10,15-18H2,(H,32,40)(H,41,42)(H2,31,43,44);1-5,8-10,20H,6-7,11-14H2,(H,28,34)(H,35,36)(H2,26,37,38)/t25-;20-/m11/s1/i30-1;. The highest BCUT2D eigenvalue weighted by atomic mass is 32.3. The van der Waals surface area contributed by atoms with Gasteiger partial charge in [0.05, 0.1) is 64.9 Å². The molecule has 0 aliphatic heterocycles. The number of amides is 2. The van der Waals surface area contributed by atoms with Crippen molar-refractivity contribution in [3.05, 3.63) is 142 Å². The third-order valence-corrected chi connectivity index (χ3v) is 19.0. The fraction of sp³-hybridized carbons (Fsp3) is 0.321. The minimum atomic E-state index is -3.92. The van der Waals surface area contributed by atoms with Crippen molar-refractivity contribution < 1.29 is 69.6 Å². The number of halogens is 1. The lowest BCUT2D eigenvalue weighted by Crippen LogP contribution is -2.44. The number of aromatic nitrogens is 11. The zero-order valence-corrected chi connectivity index (χ0v) is 53.0. The summed E-state index contributed by atoms with van der Waals surface area (Å²) in [5.74, 6) is -0.0700. The van der Waals surface area contributed by atoms with Crippen LogP contribution in [-0.4, -0.2) is 156 Å². The summed E-state index contributed by atoms with van der Waals surface area (Å²) in [6, 6.07) is 22.1. The van der Waals surface area contributed by atoms with Gasteiger partial charge in [-0.1, -0.05) is 45.0 Å². The molecule has 2 atom stereocenters. The summed E-state index contributed by atoms with van der Waals surface area (Å²) in [6.07, 6.45) is 5.72. The zero-order chi connectivity index (χ0) is 65.6. The number of carbonyl (C=O) groups excluding carboxylic acids is 2. The van der Waals surface area contributed by atoms with Gasteiger partial charge in [-0.2, -0.15) is 23.5 Å². The lowest BCUT2D eigenvalue weighted by Gasteiger charge is -2.14. The molecule has 0 spiro atoms. The Hall–Kier alpha value is -9.08. The molecular formula is C53H57FN18O14S6. The van der Waals surface area contributed by atoms with Gasteiger partial charge < -0.3 is 39.8 Å². The van der Waals surface area contributed by atoms with E-state index >= 15 is 0 Å². The van der Waals surface area contributed by atoms with Crippen LogP contribution in [0.5, 0.6) is 23.0 Å². The summed E-state index contributed by atoms with van der Waals surface area (Å²) in [5.41, 5.74) is 12.6. The summed E-state index contributed by atoms with van der Waals surface area (Å²) in [5, 5.41) is 61.8. The van der Waals surface area contributed by atoms with E-state index in [0.29, 0.717) is 92.3 Å². The summed E-state index contributed by atoms with van der Waals surface area (Å²) in [6.45, 7) is 0.406. The average Bonchev–Trinajstić information content (AvgIpc) is 1.79. The van der Waals surface area contributed by atoms with E-state index in [0.717, 1.165) is 39.5 Å². The molecule has 9 aromatic rings. The second kappa shape index (κ2) is 33.3. The van der Waals surface area contributed by atoms with E-state index in [1.54, 1.807) is 59.4 Å². The van der Waals surface area contributed by atoms with Gasteiger partial charge >= 0.3 is 11.9 Å². The molecule has 32 nitrogen and oxygen atoms in total. The Bertz CT molecular complexity index is 4290. The van der Waals surface area contributed by atoms with Gasteiger partial charge in [0.15, 0.2) is 0 Å². The number of ether oxygens (including phenoxy) is 4. The third-order valence-electron chi connectivity index (χ3n) is 12.2. The van der Waals surface area contributed by atoms with E-state index in [9.17, 15) is 50.6 Å². The van der Waals surface area contributed by atoms with Crippen molar-refractivity contribution in [3.63, 3.8) is 0 Å². The molecule has 0 aliphatic carbocycles. The summed E-state index contributed by atoms with van der Waals surface area (Å²) in [4.78, 5) is 59.4. The fourth-order valence-corrected chi connectivity index (χ4v) is 13.3. The number of hydrogen-bond donors (Lipinski definition) is 6. The number of aryl methyl sites for hydroxylation is 1. The maximum Gasteiger partial charge on any atom is 0.327 e. The van der Waals surface area contributed by atoms with Gasteiger partial charge in [0.2, 0.25) is 20.5 Å². The molecular weight excluding hydrogens is 1320 g/mol. The number of aliphatic carboxylic acids is 2. The van der Waals surface area contributed by atoms with Crippen molar-refractivity contribution in [2.75, 3.05) is 37.9 Å². The van der Waals surface area contributed by atoms with Crippen LogP contribution in [0.1, 0.15) is 34.6 Å². The largest absolute Gasteiger partial charge is 0.493 e. The number of nitrogens with zero attached hydrogens (tertiary/aromatic N) is 14. The van der Waals surface area contributed by atoms with Crippen molar-refractivity contribution in [3.8, 4) is 23.0 Å². The molecule has 0 aliphatic rings. The predicted molar refractivity (Wildman–Crippen MR) is 334 cm³/mol. The molecule has 8 N–H and O–H groups in total. The van der Waals surface area contributed by atoms with Gasteiger partial charge in [0, 0.05) is 34.1 Å². The van der Waals surface area contributed by atoms with Crippen LogP contribution < -0.4 is 39.9 Å². The Balaban J connectivity index is 0.000000239. The van der Waals surface area contributed by atoms with Crippen LogP contribution in [0, 0.1) is 0 Å². The summed E-state index contributed by atoms with van der Waals surface area (Å²) < 4.78 is 86.2. The molecule has 9 rings (SSSR count). The maximum absolute atomic E-state index is 12.6. The first-order chi connectivity index (χ1) is 44.2. The second-order valence-electron chi connectivity index (χ2n) is 19.4. The van der Waals surface area contributed by atoms with Crippen LogP contribution in [0.4, 0.5) is 4.39 Å². The number of fused-ring (bicyclic) bond motifs is 2. The molecule has 5 aromatic heterocycles. The Morgan fingerprint density at radius 1 is 0.641 bits per heavy atom. The molecule has 2 amide bonds. The van der Waals surface area contributed by atoms with Crippen molar-refractivity contribution >= 4 is 110 Å². The zero-order valence-electron chi connectivity index (χ0n) is 48.1. The van der Waals surface area contributed by atoms with Crippen molar-refractivity contribution in [1.82, 2.24) is 65.6 Å². The van der Waals surface area contributed by atoms with Gasteiger partial charge in [0.1, 0.15) is 79.4 Å². The van der Waals surface area contributed by atoms with Gasteiger partial charge in [-0.25, -0.2) is 60.7 Å². The number of azide groups is 1. The monoisotopic (exact) mass is 1380 g/mol. The van der Waals surface area contributed by atoms with Crippen molar-refractivity contribution in [2.24, 2.45) is 15.4 Å². The van der Waals surface area contributed by atoms with Crippen LogP contribution in [0.25, 0.3) is 30.9 Å². The SMILES string of the molecule is NS(=O)(=O)c1nc2ccc(OCc3cn(CC(=O)N[C@H](CSCc4cccc(OCCn5cc(CCC[18F])nn5)c4)C(=O)O)nn3)cc2s1.[N-]=[N+]=NCCOc1cccc(CSC[C@@H](NC(=O)Cn2cc(COc3ccc4nc(S(N)(=O)=O)sc4c3)nn2)C(=O)O)c1. The highest BCUT2D eigenvalue weighted by Gasteiger charge is 2.23. The number of nitrogens with one attached hydrogen (secondary N) is 2. The molecule has 5 heterocycles. The minimum Gasteiger partial charge on any atom is -0.493 e. The predicted octanol–water partition coefficient (Wildman–Crippen LogP) is 4.50. The molecule has 0 unspecified atom stereocenters. The fourth-order valence-electron chi connectivity index (χ4n) is 7.95. The van der Waals surface area contributed by atoms with E-state index in [4.69, 9.17) is 34.8 Å². The van der Waals surface area contributed by atoms with Crippen molar-refractivity contribution in [1.29, 1.82) is 0 Å². The van der Waals surface area contributed by atoms with Crippen molar-refractivity contribution in [2.45, 2.75) is 78.0 Å². The van der Waals surface area contributed by atoms with E-state index in [2.05, 4.69) is 61.6 Å². The first-order valence-corrected chi connectivity index (χ1v) is 34.2. The average molecular weight is 1380 g/mol. The Kier molecular flexibility index (Phi) is 24.9. The number of carbonyl (C=O) groups is 4. The van der Waals surface area contributed by atoms with Gasteiger partial charge in [-0.15, -0.1) is 38.0 Å². The molecule has 39 heteroatoms. The Morgan fingerprint density at radius 2 is 1.10 bits per heavy atom. The lowest BCUT2D eigenvalue weighted by molar-refractivity contribution is -0.141. The molecule has 486 valence electrons. The molecule has 0 radical (unpaired) electrons. The van der Waals surface area contributed by atoms with Crippen LogP contribution >= 0.6 is 46.2 Å². The van der Waals surface area contributed by atoms with Crippen LogP contribution in [0.2, 0.25) is 0 Å². The van der Waals surface area contributed by atoms with Gasteiger partial charge in [0.25, 0.3) is 20.0 Å². The van der Waals surface area contributed by atoms with Crippen LogP contribution in [0.3, 0.4) is 0 Å². The number of nitrogens with two attached hydrogens (primary N) is 2. The van der Waals surface area contributed by atoms with Gasteiger partial charge in [-0.05, 0) is 90.2 Å². The van der Waals surface area contributed by atoms with E-state index in [1.165, 1.54) is 45.3 Å². The molecule has 0 bridgehead atoms. The Morgan fingerprint density at radius 3 is 1.57 bits per heavy atom. The van der Waals surface area contributed by atoms with Crippen LogP contribution in [-0.2, 0) is 90.0 Å². The highest BCUT2D eigenvalue weighted by Crippen LogP contribution is 2.30. The molecule has 92 heavy (non-hydrogen) atoms. The quantitative estimate of drug-likeness (QED) is 0.0138. The Labute approximate surface area is 538 Å². The first kappa shape index (κ1) is 68.8. The maximum atomic E-state index is 12.6. The molecule has 0 fully saturated rings. The number of thioether (sulfide) groups is 2. The van der Waals surface area contributed by atoms with Crippen LogP contribution in [0.15, 0.2) is 117 Å². The number of alkyl halides is 1. The number of thiazole rings is 2. The third kappa shape index (κ3) is 21.8. The number of carboxylic acid groups (broad SMARTS) is 2. The number of rotatable bonds is 35. The number of primary sulfonamides is 2. The summed E-state index contributed by atoms with van der Waals surface area (Å²) >= 11 is 4.54. The number of hydrogen-bond acceptors (Lipinski definition) is 25. The highest BCUT2D eigenvalue weighted by molar-refractivity contribution is 7.98. The van der Waals surface area contributed by atoms with Gasteiger partial charge in [-0.3, -0.25) is 14.0 Å². The van der Waals surface area contributed by atoms with E-state index < -0.39 is 62.6 Å². The smallest absolute Gasteiger partial charge is 0.327 e. The minimum absolute atomic E-state index is 0.0138.